The van der Waals surface area contributed by atoms with E-state index in [1.54, 1.807) is 37.4 Å². The lowest BCUT2D eigenvalue weighted by atomic mass is 9.98. The Morgan fingerprint density at radius 3 is 2.40 bits per heavy atom. The highest BCUT2D eigenvalue weighted by Crippen LogP contribution is 2.30. The lowest BCUT2D eigenvalue weighted by Crippen LogP contribution is -2.04. The summed E-state index contributed by atoms with van der Waals surface area (Å²) >= 11 is 0. The highest BCUT2D eigenvalue weighted by molar-refractivity contribution is 5.99. The van der Waals surface area contributed by atoms with Crippen LogP contribution in [0.4, 0.5) is 0 Å². The van der Waals surface area contributed by atoms with Crippen LogP contribution in [0.2, 0.25) is 0 Å². The number of ether oxygens (including phenoxy) is 1. The Balaban J connectivity index is 2.18. The minimum atomic E-state index is -0.119. The number of hydrogen-bond donors (Lipinski definition) is 2. The van der Waals surface area contributed by atoms with Gasteiger partial charge in [0.15, 0.2) is 5.78 Å². The summed E-state index contributed by atoms with van der Waals surface area (Å²) < 4.78 is 5.31. The summed E-state index contributed by atoms with van der Waals surface area (Å²) in [6.45, 7) is 4.02. The lowest BCUT2D eigenvalue weighted by molar-refractivity contribution is 0.0980. The van der Waals surface area contributed by atoms with E-state index in [4.69, 9.17) is 4.74 Å². The minimum Gasteiger partial charge on any atom is -0.508 e. The number of methoxy groups -OCH3 is 1. The quantitative estimate of drug-likeness (QED) is 0.578. The third kappa shape index (κ3) is 5.11. The highest BCUT2D eigenvalue weighted by Gasteiger charge is 2.15. The van der Waals surface area contributed by atoms with Crippen LogP contribution in [-0.4, -0.2) is 23.1 Å². The van der Waals surface area contributed by atoms with Crippen LogP contribution in [0.25, 0.3) is 0 Å². The predicted molar refractivity (Wildman–Crippen MR) is 98.6 cm³/mol. The molecule has 0 saturated heterocycles. The third-order valence-corrected chi connectivity index (χ3v) is 4.01. The molecule has 4 nitrogen and oxygen atoms in total. The normalized spacial score (nSPS) is 10.4. The van der Waals surface area contributed by atoms with Crippen LogP contribution >= 0.6 is 0 Å². The summed E-state index contributed by atoms with van der Waals surface area (Å²) in [6.07, 6.45) is 3.53. The largest absolute Gasteiger partial charge is 0.508 e. The molecule has 132 valence electrons. The molecule has 0 spiro atoms. The smallest absolute Gasteiger partial charge is 0.166 e. The summed E-state index contributed by atoms with van der Waals surface area (Å²) in [5, 5.41) is 19.5. The van der Waals surface area contributed by atoms with E-state index in [1.165, 1.54) is 11.6 Å². The number of Topliss-reactive ketones (excluding diaryl/α,β-unsaturated/α-hetero) is 1. The van der Waals surface area contributed by atoms with Gasteiger partial charge in [0.25, 0.3) is 0 Å². The van der Waals surface area contributed by atoms with Gasteiger partial charge >= 0.3 is 0 Å². The molecule has 0 aliphatic rings. The van der Waals surface area contributed by atoms with Crippen molar-refractivity contribution in [3.8, 4) is 17.2 Å². The van der Waals surface area contributed by atoms with Crippen LogP contribution in [0.15, 0.2) is 48.0 Å². The maximum Gasteiger partial charge on any atom is 0.166 e. The Morgan fingerprint density at radius 2 is 1.80 bits per heavy atom. The van der Waals surface area contributed by atoms with Crippen molar-refractivity contribution >= 4 is 5.78 Å². The van der Waals surface area contributed by atoms with E-state index < -0.39 is 0 Å². The number of rotatable bonds is 7. The molecule has 2 aromatic carbocycles. The van der Waals surface area contributed by atoms with E-state index in [9.17, 15) is 15.0 Å². The molecule has 2 N–H and O–H groups in total. The average molecular weight is 340 g/mol. The van der Waals surface area contributed by atoms with Crippen LogP contribution in [0, 0.1) is 0 Å². The molecule has 2 rings (SSSR count). The first-order valence-electron chi connectivity index (χ1n) is 8.25. The third-order valence-electron chi connectivity index (χ3n) is 4.01. The van der Waals surface area contributed by atoms with Crippen LogP contribution in [0.1, 0.15) is 41.8 Å². The van der Waals surface area contributed by atoms with Crippen molar-refractivity contribution in [3.63, 3.8) is 0 Å². The van der Waals surface area contributed by atoms with Crippen molar-refractivity contribution in [2.75, 3.05) is 7.11 Å². The van der Waals surface area contributed by atoms with E-state index >= 15 is 0 Å². The number of aromatic hydroxyl groups is 2. The summed E-state index contributed by atoms with van der Waals surface area (Å²) in [6, 6.07) is 9.99. The van der Waals surface area contributed by atoms with Gasteiger partial charge in [-0.25, -0.2) is 0 Å². The zero-order chi connectivity index (χ0) is 18.4. The zero-order valence-corrected chi connectivity index (χ0v) is 14.9. The Bertz CT molecular complexity index is 769. The maximum absolute atomic E-state index is 12.5. The first kappa shape index (κ1) is 18.6. The molecular formula is C21H24O4. The number of carbonyl (C=O) groups excluding carboxylic acids is 1. The molecule has 2 aromatic rings. The lowest BCUT2D eigenvalue weighted by Gasteiger charge is -2.11. The molecule has 0 atom stereocenters. The molecule has 0 heterocycles. The zero-order valence-electron chi connectivity index (χ0n) is 14.9. The molecule has 0 amide bonds. The van der Waals surface area contributed by atoms with Crippen molar-refractivity contribution < 1.29 is 19.7 Å². The fourth-order valence-corrected chi connectivity index (χ4v) is 2.56. The number of allylic oxidation sites excluding steroid dienone is 2. The van der Waals surface area contributed by atoms with Crippen LogP contribution in [0.5, 0.6) is 17.2 Å². The Morgan fingerprint density at radius 1 is 1.12 bits per heavy atom. The van der Waals surface area contributed by atoms with Crippen LogP contribution in [0.3, 0.4) is 0 Å². The van der Waals surface area contributed by atoms with E-state index in [0.29, 0.717) is 24.2 Å². The standard InChI is InChI=1S/C21H24O4/c1-14(2)4-8-16-12-18(20(24)13-21(16)25-3)19(23)11-7-15-5-9-17(22)10-6-15/h4-6,9-10,12-13,22,24H,7-8,11H2,1-3H3. The second-order valence-corrected chi connectivity index (χ2v) is 6.26. The maximum atomic E-state index is 12.5. The second kappa shape index (κ2) is 8.38. The van der Waals surface area contributed by atoms with Gasteiger partial charge < -0.3 is 14.9 Å². The molecule has 0 fully saturated rings. The monoisotopic (exact) mass is 340 g/mol. The van der Waals surface area contributed by atoms with Crippen molar-refractivity contribution in [1.29, 1.82) is 0 Å². The first-order valence-corrected chi connectivity index (χ1v) is 8.25. The van der Waals surface area contributed by atoms with Gasteiger partial charge in [0.1, 0.15) is 17.2 Å². The topological polar surface area (TPSA) is 66.8 Å². The van der Waals surface area contributed by atoms with Gasteiger partial charge in [0, 0.05) is 12.5 Å². The number of ketones is 1. The Kier molecular flexibility index (Phi) is 6.23. The van der Waals surface area contributed by atoms with E-state index in [2.05, 4.69) is 6.08 Å². The Hall–Kier alpha value is -2.75. The van der Waals surface area contributed by atoms with Gasteiger partial charge in [-0.05, 0) is 56.0 Å². The molecule has 0 aliphatic heterocycles. The number of benzene rings is 2. The number of hydrogen-bond acceptors (Lipinski definition) is 4. The van der Waals surface area contributed by atoms with Crippen molar-refractivity contribution in [2.24, 2.45) is 0 Å². The predicted octanol–water partition coefficient (Wildman–Crippen LogP) is 4.43. The number of phenolic OH excluding ortho intramolecular Hbond substituents is 2. The Labute approximate surface area is 148 Å². The van der Waals surface area contributed by atoms with Gasteiger partial charge in [0.2, 0.25) is 0 Å². The van der Waals surface area contributed by atoms with Gasteiger partial charge in [-0.15, -0.1) is 0 Å². The van der Waals surface area contributed by atoms with E-state index in [-0.39, 0.29) is 23.7 Å². The molecule has 0 saturated carbocycles. The van der Waals surface area contributed by atoms with E-state index in [0.717, 1.165) is 11.1 Å². The fraction of sp³-hybridized carbons (Fsp3) is 0.286. The van der Waals surface area contributed by atoms with Gasteiger partial charge in [-0.3, -0.25) is 4.79 Å². The van der Waals surface area contributed by atoms with E-state index in [1.807, 2.05) is 13.8 Å². The van der Waals surface area contributed by atoms with Gasteiger partial charge in [0.05, 0.1) is 12.7 Å². The van der Waals surface area contributed by atoms with Gasteiger partial charge in [-0.2, -0.15) is 0 Å². The molecule has 4 heteroatoms. The molecule has 0 bridgehead atoms. The number of phenols is 2. The highest BCUT2D eigenvalue weighted by atomic mass is 16.5. The summed E-state index contributed by atoms with van der Waals surface area (Å²) in [7, 11) is 1.55. The molecule has 0 unspecified atom stereocenters. The summed E-state index contributed by atoms with van der Waals surface area (Å²) in [4.78, 5) is 12.5. The molecule has 0 radical (unpaired) electrons. The first-order chi connectivity index (χ1) is 11.9. The summed E-state index contributed by atoms with van der Waals surface area (Å²) in [5.74, 6) is 0.594. The fourth-order valence-electron chi connectivity index (χ4n) is 2.56. The van der Waals surface area contributed by atoms with Crippen LogP contribution < -0.4 is 4.74 Å². The number of aryl methyl sites for hydroxylation is 1. The average Bonchev–Trinajstić information content (AvgIpc) is 2.59. The van der Waals surface area contributed by atoms with Crippen LogP contribution in [-0.2, 0) is 12.8 Å². The van der Waals surface area contributed by atoms with Crippen molar-refractivity contribution in [1.82, 2.24) is 0 Å². The van der Waals surface area contributed by atoms with Gasteiger partial charge in [-0.1, -0.05) is 23.8 Å². The number of carbonyl (C=O) groups is 1. The molecule has 0 aromatic heterocycles. The molecule has 0 aliphatic carbocycles. The van der Waals surface area contributed by atoms with Crippen molar-refractivity contribution in [2.45, 2.75) is 33.1 Å². The molecular weight excluding hydrogens is 316 g/mol. The summed E-state index contributed by atoms with van der Waals surface area (Å²) in [5.41, 5.74) is 3.32. The SMILES string of the molecule is COc1cc(O)c(C(=O)CCc2ccc(O)cc2)cc1CC=C(C)C. The van der Waals surface area contributed by atoms with Crippen molar-refractivity contribution in [3.05, 3.63) is 64.7 Å². The second-order valence-electron chi connectivity index (χ2n) is 6.26. The molecule has 25 heavy (non-hydrogen) atoms. The minimum absolute atomic E-state index is 0.0616.